The molecule has 1 fully saturated rings. The number of benzene rings is 1. The summed E-state index contributed by atoms with van der Waals surface area (Å²) in [5.41, 5.74) is 6.56. The zero-order valence-corrected chi connectivity index (χ0v) is 10.5. The maximum absolute atomic E-state index is 13.7. The molecule has 1 saturated heterocycles. The van der Waals surface area contributed by atoms with Crippen molar-refractivity contribution in [1.29, 1.82) is 0 Å². The number of ether oxygens (including phenoxy) is 1. The van der Waals surface area contributed by atoms with Crippen molar-refractivity contribution in [3.63, 3.8) is 0 Å². The van der Waals surface area contributed by atoms with Crippen LogP contribution in [0.5, 0.6) is 0 Å². The Kier molecular flexibility index (Phi) is 3.59. The van der Waals surface area contributed by atoms with Gasteiger partial charge in [0.25, 0.3) is 0 Å². The topological polar surface area (TPSA) is 38.5 Å². The Morgan fingerprint density at radius 3 is 2.94 bits per heavy atom. The highest BCUT2D eigenvalue weighted by molar-refractivity contribution is 7.80. The second-order valence-corrected chi connectivity index (χ2v) is 4.60. The number of morpholine rings is 1. The van der Waals surface area contributed by atoms with Gasteiger partial charge in [-0.25, -0.2) is 4.39 Å². The van der Waals surface area contributed by atoms with E-state index in [1.54, 1.807) is 6.07 Å². The van der Waals surface area contributed by atoms with E-state index in [0.29, 0.717) is 12.2 Å². The highest BCUT2D eigenvalue weighted by Gasteiger charge is 2.18. The van der Waals surface area contributed by atoms with Crippen molar-refractivity contribution in [1.82, 2.24) is 0 Å². The third-order valence-corrected chi connectivity index (χ3v) is 3.04. The van der Waals surface area contributed by atoms with E-state index < -0.39 is 0 Å². The van der Waals surface area contributed by atoms with Gasteiger partial charge < -0.3 is 15.4 Å². The van der Waals surface area contributed by atoms with Crippen LogP contribution in [0.4, 0.5) is 10.1 Å². The number of thiocarbonyl (C=S) groups is 1. The third kappa shape index (κ3) is 2.73. The second-order valence-electron chi connectivity index (χ2n) is 4.16. The average Bonchev–Trinajstić information content (AvgIpc) is 2.28. The first-order valence-electron chi connectivity index (χ1n) is 5.54. The standard InChI is InChI=1S/C12H15FN2OS/c1-8-7-15(4-5-16-8)9-2-3-10(12(14)17)11(13)6-9/h2-3,6,8H,4-5,7H2,1H3,(H2,14,17). The number of hydrogen-bond donors (Lipinski definition) is 1. The molecule has 0 spiro atoms. The van der Waals surface area contributed by atoms with E-state index in [1.165, 1.54) is 6.07 Å². The highest BCUT2D eigenvalue weighted by Crippen LogP contribution is 2.21. The van der Waals surface area contributed by atoms with Crippen molar-refractivity contribution in [3.8, 4) is 0 Å². The van der Waals surface area contributed by atoms with Crippen molar-refractivity contribution in [2.45, 2.75) is 13.0 Å². The quantitative estimate of drug-likeness (QED) is 0.815. The Bertz CT molecular complexity index is 439. The lowest BCUT2D eigenvalue weighted by Gasteiger charge is -2.33. The largest absolute Gasteiger partial charge is 0.389 e. The molecule has 1 unspecified atom stereocenters. The minimum absolute atomic E-state index is 0.0874. The Balaban J connectivity index is 2.22. The van der Waals surface area contributed by atoms with E-state index in [9.17, 15) is 4.39 Å². The Labute approximate surface area is 105 Å². The molecule has 1 atom stereocenters. The van der Waals surface area contributed by atoms with E-state index >= 15 is 0 Å². The summed E-state index contributed by atoms with van der Waals surface area (Å²) in [7, 11) is 0. The summed E-state index contributed by atoms with van der Waals surface area (Å²) in [6.07, 6.45) is 0.169. The summed E-state index contributed by atoms with van der Waals surface area (Å²) in [4.78, 5) is 2.19. The normalized spacial score (nSPS) is 20.4. The molecule has 5 heteroatoms. The number of nitrogens with two attached hydrogens (primary N) is 1. The number of halogens is 1. The van der Waals surface area contributed by atoms with Crippen LogP contribution in [0, 0.1) is 5.82 Å². The lowest BCUT2D eigenvalue weighted by atomic mass is 10.1. The van der Waals surface area contributed by atoms with Gasteiger partial charge >= 0.3 is 0 Å². The second kappa shape index (κ2) is 4.98. The van der Waals surface area contributed by atoms with E-state index in [-0.39, 0.29) is 16.9 Å². The van der Waals surface area contributed by atoms with Crippen molar-refractivity contribution < 1.29 is 9.13 Å². The van der Waals surface area contributed by atoms with Gasteiger partial charge in [-0.3, -0.25) is 0 Å². The van der Waals surface area contributed by atoms with Gasteiger partial charge in [0.2, 0.25) is 0 Å². The predicted octanol–water partition coefficient (Wildman–Crippen LogP) is 1.69. The van der Waals surface area contributed by atoms with Gasteiger partial charge in [0.15, 0.2) is 0 Å². The number of nitrogens with zero attached hydrogens (tertiary/aromatic N) is 1. The first-order valence-corrected chi connectivity index (χ1v) is 5.94. The Morgan fingerprint density at radius 1 is 1.59 bits per heavy atom. The van der Waals surface area contributed by atoms with Crippen LogP contribution in [0.3, 0.4) is 0 Å². The molecule has 0 radical (unpaired) electrons. The summed E-state index contributed by atoms with van der Waals surface area (Å²) in [5.74, 6) is -0.367. The van der Waals surface area contributed by atoms with Crippen LogP contribution in [0.25, 0.3) is 0 Å². The smallest absolute Gasteiger partial charge is 0.135 e. The minimum Gasteiger partial charge on any atom is -0.389 e. The fraction of sp³-hybridized carbons (Fsp3) is 0.417. The van der Waals surface area contributed by atoms with Crippen molar-refractivity contribution in [2.24, 2.45) is 5.73 Å². The van der Waals surface area contributed by atoms with Gasteiger partial charge in [0.05, 0.1) is 12.7 Å². The van der Waals surface area contributed by atoms with Crippen LogP contribution < -0.4 is 10.6 Å². The number of hydrogen-bond acceptors (Lipinski definition) is 3. The van der Waals surface area contributed by atoms with Gasteiger partial charge in [-0.2, -0.15) is 0 Å². The number of anilines is 1. The molecule has 1 heterocycles. The van der Waals surface area contributed by atoms with Crippen LogP contribution in [0.15, 0.2) is 18.2 Å². The van der Waals surface area contributed by atoms with E-state index in [0.717, 1.165) is 18.8 Å². The number of rotatable bonds is 2. The van der Waals surface area contributed by atoms with Crippen molar-refractivity contribution in [2.75, 3.05) is 24.6 Å². The first-order chi connectivity index (χ1) is 8.08. The maximum Gasteiger partial charge on any atom is 0.135 e. The molecule has 1 aliphatic heterocycles. The van der Waals surface area contributed by atoms with Crippen LogP contribution in [0.1, 0.15) is 12.5 Å². The molecule has 2 N–H and O–H groups in total. The molecule has 92 valence electrons. The molecule has 2 rings (SSSR count). The molecule has 0 aromatic heterocycles. The fourth-order valence-electron chi connectivity index (χ4n) is 1.95. The summed E-state index contributed by atoms with van der Waals surface area (Å²) in [6, 6.07) is 4.95. The molecule has 3 nitrogen and oxygen atoms in total. The fourth-order valence-corrected chi connectivity index (χ4v) is 2.12. The molecule has 0 aliphatic carbocycles. The molecule has 17 heavy (non-hydrogen) atoms. The molecular weight excluding hydrogens is 239 g/mol. The summed E-state index contributed by atoms with van der Waals surface area (Å²) in [5, 5.41) is 0. The molecular formula is C12H15FN2OS. The van der Waals surface area contributed by atoms with E-state index in [1.807, 2.05) is 13.0 Å². The first kappa shape index (κ1) is 12.3. The average molecular weight is 254 g/mol. The Morgan fingerprint density at radius 2 is 2.35 bits per heavy atom. The van der Waals surface area contributed by atoms with Gasteiger partial charge in [0, 0.05) is 24.3 Å². The summed E-state index contributed by atoms with van der Waals surface area (Å²) < 4.78 is 19.2. The third-order valence-electron chi connectivity index (χ3n) is 2.82. The lowest BCUT2D eigenvalue weighted by Crippen LogP contribution is -2.41. The molecule has 0 amide bonds. The summed E-state index contributed by atoms with van der Waals surface area (Å²) in [6.45, 7) is 4.22. The van der Waals surface area contributed by atoms with E-state index in [4.69, 9.17) is 22.7 Å². The van der Waals surface area contributed by atoms with Crippen LogP contribution >= 0.6 is 12.2 Å². The minimum atomic E-state index is -0.367. The molecule has 1 aromatic rings. The lowest BCUT2D eigenvalue weighted by molar-refractivity contribution is 0.0532. The molecule has 0 saturated carbocycles. The Hall–Kier alpha value is -1.20. The van der Waals surface area contributed by atoms with Gasteiger partial charge in [-0.05, 0) is 25.1 Å². The SMILES string of the molecule is CC1CN(c2ccc(C(N)=S)c(F)c2)CCO1. The van der Waals surface area contributed by atoms with Crippen LogP contribution in [-0.2, 0) is 4.74 Å². The zero-order valence-electron chi connectivity index (χ0n) is 9.65. The monoisotopic (exact) mass is 254 g/mol. The molecule has 0 bridgehead atoms. The van der Waals surface area contributed by atoms with Gasteiger partial charge in [-0.15, -0.1) is 0 Å². The summed E-state index contributed by atoms with van der Waals surface area (Å²) >= 11 is 4.77. The van der Waals surface area contributed by atoms with E-state index in [2.05, 4.69) is 4.90 Å². The molecule has 1 aromatic carbocycles. The predicted molar refractivity (Wildman–Crippen MR) is 69.9 cm³/mol. The zero-order chi connectivity index (χ0) is 12.4. The van der Waals surface area contributed by atoms with Crippen LogP contribution in [0.2, 0.25) is 0 Å². The highest BCUT2D eigenvalue weighted by atomic mass is 32.1. The molecule has 1 aliphatic rings. The van der Waals surface area contributed by atoms with Crippen molar-refractivity contribution >= 4 is 22.9 Å². The van der Waals surface area contributed by atoms with Gasteiger partial charge in [-0.1, -0.05) is 12.2 Å². The van der Waals surface area contributed by atoms with Gasteiger partial charge in [0.1, 0.15) is 10.8 Å². The van der Waals surface area contributed by atoms with Crippen LogP contribution in [-0.4, -0.2) is 30.8 Å². The maximum atomic E-state index is 13.7. The van der Waals surface area contributed by atoms with Crippen molar-refractivity contribution in [3.05, 3.63) is 29.6 Å².